The molecule has 1 aliphatic heterocycles. The molecule has 2 heterocycles. The maximum atomic E-state index is 13.6. The smallest absolute Gasteiger partial charge is 0.300 e. The van der Waals surface area contributed by atoms with E-state index in [4.69, 9.17) is 4.74 Å². The summed E-state index contributed by atoms with van der Waals surface area (Å²) in [6, 6.07) is 18.3. The van der Waals surface area contributed by atoms with Crippen LogP contribution in [0.25, 0.3) is 16.7 Å². The summed E-state index contributed by atoms with van der Waals surface area (Å²) in [6.07, 6.45) is 1.81. The molecule has 0 aliphatic carbocycles. The highest BCUT2D eigenvalue weighted by Crippen LogP contribution is 2.45. The number of fused-ring (bicyclic) bond motifs is 1. The molecule has 4 aromatic rings. The van der Waals surface area contributed by atoms with Crippen molar-refractivity contribution in [1.29, 1.82) is 0 Å². The molecule has 188 valence electrons. The number of aryl methyl sites for hydroxylation is 2. The molecular formula is C31H30N2O4. The third kappa shape index (κ3) is 3.99. The van der Waals surface area contributed by atoms with E-state index in [2.05, 4.69) is 18.8 Å². The number of ketones is 1. The van der Waals surface area contributed by atoms with Gasteiger partial charge in [-0.25, -0.2) is 0 Å². The molecule has 1 aliphatic rings. The van der Waals surface area contributed by atoms with Gasteiger partial charge in [-0.05, 0) is 60.7 Å². The van der Waals surface area contributed by atoms with Crippen molar-refractivity contribution in [2.75, 3.05) is 12.0 Å². The Morgan fingerprint density at radius 2 is 1.73 bits per heavy atom. The van der Waals surface area contributed by atoms with Crippen LogP contribution in [0.1, 0.15) is 53.6 Å². The highest BCUT2D eigenvalue weighted by atomic mass is 16.5. The molecule has 1 aromatic heterocycles. The Labute approximate surface area is 216 Å². The van der Waals surface area contributed by atoms with Crippen LogP contribution in [0.4, 0.5) is 5.69 Å². The van der Waals surface area contributed by atoms with Gasteiger partial charge in [0, 0.05) is 28.4 Å². The topological polar surface area (TPSA) is 82.6 Å². The normalized spacial score (nSPS) is 17.2. The minimum absolute atomic E-state index is 0.0333. The van der Waals surface area contributed by atoms with E-state index in [-0.39, 0.29) is 11.3 Å². The number of hydrogen-bond acceptors (Lipinski definition) is 4. The number of para-hydroxylation sites is 1. The molecule has 3 aromatic carbocycles. The van der Waals surface area contributed by atoms with Gasteiger partial charge < -0.3 is 14.8 Å². The summed E-state index contributed by atoms with van der Waals surface area (Å²) >= 11 is 0. The molecule has 1 atom stereocenters. The van der Waals surface area contributed by atoms with Crippen molar-refractivity contribution in [2.45, 2.75) is 39.7 Å². The second kappa shape index (κ2) is 9.28. The molecule has 2 N–H and O–H groups in total. The van der Waals surface area contributed by atoms with Gasteiger partial charge >= 0.3 is 0 Å². The molecule has 6 heteroatoms. The molecule has 0 bridgehead atoms. The summed E-state index contributed by atoms with van der Waals surface area (Å²) in [5, 5.41) is 12.6. The Morgan fingerprint density at radius 1 is 1.03 bits per heavy atom. The number of aliphatic hydroxyl groups is 1. The molecule has 1 saturated heterocycles. The summed E-state index contributed by atoms with van der Waals surface area (Å²) < 4.78 is 5.61. The average molecular weight is 495 g/mol. The van der Waals surface area contributed by atoms with Crippen LogP contribution in [0.2, 0.25) is 0 Å². The number of aliphatic hydroxyl groups excluding tert-OH is 1. The van der Waals surface area contributed by atoms with Gasteiger partial charge in [0.2, 0.25) is 0 Å². The summed E-state index contributed by atoms with van der Waals surface area (Å²) in [7, 11) is 1.53. The highest BCUT2D eigenvalue weighted by Gasteiger charge is 2.48. The lowest BCUT2D eigenvalue weighted by Gasteiger charge is -2.25. The molecule has 5 rings (SSSR count). The predicted octanol–water partition coefficient (Wildman–Crippen LogP) is 6.54. The van der Waals surface area contributed by atoms with Crippen molar-refractivity contribution < 1.29 is 19.4 Å². The number of nitrogens with zero attached hydrogens (tertiary/aromatic N) is 1. The van der Waals surface area contributed by atoms with Crippen molar-refractivity contribution in [1.82, 2.24) is 4.98 Å². The lowest BCUT2D eigenvalue weighted by molar-refractivity contribution is -0.132. The van der Waals surface area contributed by atoms with Crippen molar-refractivity contribution >= 4 is 34.0 Å². The standard InChI is InChI=1S/C31H30N2O4/c1-17(2)20-10-12-21(13-11-20)33-27(24-16-32-25-9-7-6-8-22(24)25)26(29(35)31(33)36)28(34)23-15-18(3)14-19(4)30(23)37-5/h6-17,27,32,34H,1-5H3/b28-26+. The van der Waals surface area contributed by atoms with Crippen molar-refractivity contribution in [3.05, 3.63) is 100 Å². The number of aromatic amines is 1. The Balaban J connectivity index is 1.79. The number of rotatable bonds is 5. The molecule has 0 saturated carbocycles. The van der Waals surface area contributed by atoms with Crippen LogP contribution in [0.15, 0.2) is 72.4 Å². The van der Waals surface area contributed by atoms with Gasteiger partial charge in [0.15, 0.2) is 0 Å². The van der Waals surface area contributed by atoms with E-state index in [1.165, 1.54) is 12.0 Å². The van der Waals surface area contributed by atoms with Gasteiger partial charge in [-0.15, -0.1) is 0 Å². The number of ether oxygens (including phenoxy) is 1. The van der Waals surface area contributed by atoms with Crippen molar-refractivity contribution in [3.63, 3.8) is 0 Å². The molecule has 0 radical (unpaired) electrons. The average Bonchev–Trinajstić information content (AvgIpc) is 3.41. The first-order chi connectivity index (χ1) is 17.7. The van der Waals surface area contributed by atoms with Crippen molar-refractivity contribution in [2.24, 2.45) is 0 Å². The van der Waals surface area contributed by atoms with Crippen molar-refractivity contribution in [3.8, 4) is 5.75 Å². The summed E-state index contributed by atoms with van der Waals surface area (Å²) in [5.74, 6) is -0.878. The fourth-order valence-corrected chi connectivity index (χ4v) is 5.28. The Morgan fingerprint density at radius 3 is 2.41 bits per heavy atom. The summed E-state index contributed by atoms with van der Waals surface area (Å²) in [5.41, 5.74) is 5.48. The van der Waals surface area contributed by atoms with E-state index in [0.29, 0.717) is 22.9 Å². The van der Waals surface area contributed by atoms with Gasteiger partial charge in [0.25, 0.3) is 11.7 Å². The number of Topliss-reactive ketones (excluding diaryl/α,β-unsaturated/α-hetero) is 1. The number of methoxy groups -OCH3 is 1. The number of carbonyl (C=O) groups is 2. The first-order valence-electron chi connectivity index (χ1n) is 12.4. The molecule has 1 fully saturated rings. The van der Waals surface area contributed by atoms with Gasteiger partial charge in [0.05, 0.1) is 24.3 Å². The largest absolute Gasteiger partial charge is 0.507 e. The number of anilines is 1. The third-order valence-corrected chi connectivity index (χ3v) is 7.08. The van der Waals surface area contributed by atoms with Crippen LogP contribution in [0.5, 0.6) is 5.75 Å². The van der Waals surface area contributed by atoms with Gasteiger partial charge in [-0.1, -0.05) is 50.2 Å². The zero-order valence-electron chi connectivity index (χ0n) is 21.6. The maximum Gasteiger partial charge on any atom is 0.300 e. The number of carbonyl (C=O) groups excluding carboxylic acids is 2. The molecular weight excluding hydrogens is 464 g/mol. The SMILES string of the molecule is COc1c(C)cc(C)cc1/C(O)=C1\C(=O)C(=O)N(c2ccc(C(C)C)cc2)C1c1c[nH]c2ccccc12. The number of H-pyrrole nitrogens is 1. The number of aromatic nitrogens is 1. The van der Waals surface area contributed by atoms with E-state index < -0.39 is 17.7 Å². The van der Waals surface area contributed by atoms with Crippen LogP contribution in [0.3, 0.4) is 0 Å². The van der Waals surface area contributed by atoms with Gasteiger partial charge in [-0.2, -0.15) is 0 Å². The fraction of sp³-hybridized carbons (Fsp3) is 0.226. The van der Waals surface area contributed by atoms with Crippen LogP contribution in [-0.4, -0.2) is 28.9 Å². The monoisotopic (exact) mass is 494 g/mol. The van der Waals surface area contributed by atoms with Crippen LogP contribution in [-0.2, 0) is 9.59 Å². The fourth-order valence-electron chi connectivity index (χ4n) is 5.28. The first-order valence-corrected chi connectivity index (χ1v) is 12.4. The van der Waals surface area contributed by atoms with Crippen LogP contribution >= 0.6 is 0 Å². The molecule has 6 nitrogen and oxygen atoms in total. The molecule has 37 heavy (non-hydrogen) atoms. The zero-order chi connectivity index (χ0) is 26.4. The van der Waals surface area contributed by atoms with Crippen LogP contribution < -0.4 is 9.64 Å². The Hall–Kier alpha value is -4.32. The number of nitrogens with one attached hydrogen (secondary N) is 1. The second-order valence-corrected chi connectivity index (χ2v) is 9.87. The van der Waals surface area contributed by atoms with E-state index in [1.807, 2.05) is 74.6 Å². The van der Waals surface area contributed by atoms with E-state index >= 15 is 0 Å². The highest BCUT2D eigenvalue weighted by molar-refractivity contribution is 6.52. The Bertz CT molecular complexity index is 1560. The first kappa shape index (κ1) is 24.4. The molecule has 1 amide bonds. The minimum atomic E-state index is -0.827. The number of hydrogen-bond donors (Lipinski definition) is 2. The van der Waals surface area contributed by atoms with Crippen LogP contribution in [0, 0.1) is 13.8 Å². The number of benzene rings is 3. The van der Waals surface area contributed by atoms with Gasteiger partial charge in [-0.3, -0.25) is 14.5 Å². The Kier molecular flexibility index (Phi) is 6.12. The quantitative estimate of drug-likeness (QED) is 0.187. The molecule has 1 unspecified atom stereocenters. The lowest BCUT2D eigenvalue weighted by atomic mass is 9.93. The summed E-state index contributed by atoms with van der Waals surface area (Å²) in [4.78, 5) is 32.0. The van der Waals surface area contributed by atoms with E-state index in [0.717, 1.165) is 33.2 Å². The van der Waals surface area contributed by atoms with E-state index in [9.17, 15) is 14.7 Å². The van der Waals surface area contributed by atoms with Gasteiger partial charge in [0.1, 0.15) is 11.5 Å². The maximum absolute atomic E-state index is 13.6. The zero-order valence-corrected chi connectivity index (χ0v) is 21.6. The summed E-state index contributed by atoms with van der Waals surface area (Å²) in [6.45, 7) is 8.00. The predicted molar refractivity (Wildman–Crippen MR) is 146 cm³/mol. The molecule has 0 spiro atoms. The minimum Gasteiger partial charge on any atom is -0.507 e. The second-order valence-electron chi connectivity index (χ2n) is 9.87. The third-order valence-electron chi connectivity index (χ3n) is 7.08. The lowest BCUT2D eigenvalue weighted by Crippen LogP contribution is -2.29. The number of amides is 1. The van der Waals surface area contributed by atoms with E-state index in [1.54, 1.807) is 6.07 Å².